The maximum atomic E-state index is 11.8. The minimum absolute atomic E-state index is 0.451. The Morgan fingerprint density at radius 1 is 0.882 bits per heavy atom. The van der Waals surface area contributed by atoms with Gasteiger partial charge in [-0.1, -0.05) is 36.4 Å². The van der Waals surface area contributed by atoms with Gasteiger partial charge in [0.1, 0.15) is 0 Å². The third-order valence-corrected chi connectivity index (χ3v) is 6.62. The largest absolute Gasteiger partial charge is 0.366 e. The van der Waals surface area contributed by atoms with Crippen molar-refractivity contribution in [2.45, 2.75) is 13.1 Å². The second-order valence-electron chi connectivity index (χ2n) is 8.69. The molecule has 0 atom stereocenters. The van der Waals surface area contributed by atoms with Crippen molar-refractivity contribution in [3.63, 3.8) is 0 Å². The topological polar surface area (TPSA) is 83.7 Å². The van der Waals surface area contributed by atoms with Crippen LogP contribution in [0, 0.1) is 0 Å². The van der Waals surface area contributed by atoms with Crippen LogP contribution in [0.3, 0.4) is 0 Å². The lowest BCUT2D eigenvalue weighted by Crippen LogP contribution is -2.10. The van der Waals surface area contributed by atoms with Crippen LogP contribution in [-0.2, 0) is 13.1 Å². The Bertz CT molecular complexity index is 1750. The number of rotatable bonds is 1. The standard InChI is InChI=1S/C27H20N6O/c28-26(34)19-9-10-24-21(11-19)30-27-25-12-18-5-1-3-7-22(18)31(25)16-20-6-2-4-8-23(20)33-15-17(13-29-33)14-32(24)27/h1-13,15H,14,16H2,(H2,28,34). The summed E-state index contributed by atoms with van der Waals surface area (Å²) >= 11 is 0. The first kappa shape index (κ1) is 18.9. The van der Waals surface area contributed by atoms with E-state index in [0.717, 1.165) is 44.7 Å². The molecule has 164 valence electrons. The highest BCUT2D eigenvalue weighted by Gasteiger charge is 2.22. The predicted molar refractivity (Wildman–Crippen MR) is 131 cm³/mol. The molecule has 7 nitrogen and oxygen atoms in total. The Labute approximate surface area is 194 Å². The number of aromatic nitrogens is 5. The number of carbonyl (C=O) groups excluding carboxylic acids is 1. The van der Waals surface area contributed by atoms with E-state index in [2.05, 4.69) is 69.0 Å². The molecule has 1 amide bonds. The van der Waals surface area contributed by atoms with E-state index in [0.29, 0.717) is 18.7 Å². The molecule has 0 saturated carbocycles. The molecule has 1 aliphatic heterocycles. The maximum absolute atomic E-state index is 11.8. The van der Waals surface area contributed by atoms with Crippen molar-refractivity contribution < 1.29 is 4.79 Å². The smallest absolute Gasteiger partial charge is 0.248 e. The third-order valence-electron chi connectivity index (χ3n) is 6.62. The van der Waals surface area contributed by atoms with E-state index >= 15 is 0 Å². The van der Waals surface area contributed by atoms with Gasteiger partial charge < -0.3 is 14.9 Å². The average Bonchev–Trinajstić information content (AvgIpc) is 3.55. The summed E-state index contributed by atoms with van der Waals surface area (Å²) in [6.07, 6.45) is 3.98. The highest BCUT2D eigenvalue weighted by molar-refractivity contribution is 5.97. The molecule has 3 aromatic heterocycles. The molecule has 7 rings (SSSR count). The van der Waals surface area contributed by atoms with Crippen molar-refractivity contribution in [2.75, 3.05) is 0 Å². The predicted octanol–water partition coefficient (Wildman–Crippen LogP) is 4.35. The molecule has 2 N–H and O–H groups in total. The number of nitrogens with two attached hydrogens (primary N) is 1. The van der Waals surface area contributed by atoms with Gasteiger partial charge in [0.25, 0.3) is 0 Å². The van der Waals surface area contributed by atoms with E-state index in [1.165, 1.54) is 5.56 Å². The summed E-state index contributed by atoms with van der Waals surface area (Å²) in [7, 11) is 0. The van der Waals surface area contributed by atoms with Gasteiger partial charge in [0.05, 0.1) is 41.7 Å². The average molecular weight is 444 g/mol. The van der Waals surface area contributed by atoms with Crippen LogP contribution in [0.25, 0.3) is 39.1 Å². The van der Waals surface area contributed by atoms with E-state index in [9.17, 15) is 4.79 Å². The molecule has 3 aromatic carbocycles. The van der Waals surface area contributed by atoms with Crippen LogP contribution in [0.15, 0.2) is 85.2 Å². The van der Waals surface area contributed by atoms with Gasteiger partial charge in [0, 0.05) is 28.2 Å². The number of fused-ring (bicyclic) bond motifs is 11. The molecule has 7 heteroatoms. The Kier molecular flexibility index (Phi) is 3.84. The van der Waals surface area contributed by atoms with Crippen molar-refractivity contribution in [3.05, 3.63) is 102 Å². The number of hydrogen-bond donors (Lipinski definition) is 1. The third kappa shape index (κ3) is 2.73. The number of primary amides is 1. The minimum atomic E-state index is -0.459. The number of hydrogen-bond acceptors (Lipinski definition) is 3. The Hall–Kier alpha value is -4.65. The van der Waals surface area contributed by atoms with E-state index in [-0.39, 0.29) is 0 Å². The van der Waals surface area contributed by atoms with Crippen LogP contribution in [0.4, 0.5) is 0 Å². The highest BCUT2D eigenvalue weighted by atomic mass is 16.1. The second kappa shape index (κ2) is 6.92. The van der Waals surface area contributed by atoms with Crippen molar-refractivity contribution in [1.29, 1.82) is 0 Å². The number of benzene rings is 3. The van der Waals surface area contributed by atoms with E-state index in [4.69, 9.17) is 10.7 Å². The molecule has 0 saturated heterocycles. The Morgan fingerprint density at radius 2 is 1.74 bits per heavy atom. The van der Waals surface area contributed by atoms with Gasteiger partial charge in [-0.25, -0.2) is 9.67 Å². The molecule has 1 aliphatic rings. The van der Waals surface area contributed by atoms with Crippen LogP contribution >= 0.6 is 0 Å². The fraction of sp³-hybridized carbons (Fsp3) is 0.0741. The van der Waals surface area contributed by atoms with E-state index in [1.54, 1.807) is 12.1 Å². The van der Waals surface area contributed by atoms with Crippen LogP contribution in [0.5, 0.6) is 0 Å². The molecular formula is C27H20N6O. The van der Waals surface area contributed by atoms with Crippen LogP contribution in [0.1, 0.15) is 21.5 Å². The van der Waals surface area contributed by atoms with Crippen molar-refractivity contribution in [3.8, 4) is 17.2 Å². The lowest BCUT2D eigenvalue weighted by atomic mass is 10.1. The Morgan fingerprint density at radius 3 is 2.65 bits per heavy atom. The molecule has 0 unspecified atom stereocenters. The molecule has 34 heavy (non-hydrogen) atoms. The molecule has 0 fully saturated rings. The minimum Gasteiger partial charge on any atom is -0.366 e. The lowest BCUT2D eigenvalue weighted by Gasteiger charge is -2.15. The molecule has 0 radical (unpaired) electrons. The van der Waals surface area contributed by atoms with Gasteiger partial charge in [-0.3, -0.25) is 4.79 Å². The molecule has 0 spiro atoms. The normalized spacial score (nSPS) is 12.7. The molecule has 6 aromatic rings. The first-order valence-corrected chi connectivity index (χ1v) is 11.2. The summed E-state index contributed by atoms with van der Waals surface area (Å²) < 4.78 is 6.46. The van der Waals surface area contributed by atoms with Crippen molar-refractivity contribution in [1.82, 2.24) is 23.9 Å². The number of imidazole rings is 1. The highest BCUT2D eigenvalue weighted by Crippen LogP contribution is 2.33. The monoisotopic (exact) mass is 444 g/mol. The summed E-state index contributed by atoms with van der Waals surface area (Å²) in [5.74, 6) is 0.388. The molecule has 0 aliphatic carbocycles. The molecule has 2 bridgehead atoms. The van der Waals surface area contributed by atoms with Gasteiger partial charge in [-0.2, -0.15) is 5.10 Å². The van der Waals surface area contributed by atoms with E-state index < -0.39 is 5.91 Å². The number of para-hydroxylation sites is 2. The zero-order valence-corrected chi connectivity index (χ0v) is 18.2. The first-order chi connectivity index (χ1) is 16.7. The fourth-order valence-electron chi connectivity index (χ4n) is 5.00. The SMILES string of the molecule is NC(=O)c1ccc2c(c1)nc1n2Cc2cnn(c2)-c2ccccc2Cn2c-1cc1ccccc12. The van der Waals surface area contributed by atoms with Crippen molar-refractivity contribution >= 4 is 27.8 Å². The quantitative estimate of drug-likeness (QED) is 0.409. The summed E-state index contributed by atoms with van der Waals surface area (Å²) in [6, 6.07) is 24.4. The Balaban J connectivity index is 1.58. The van der Waals surface area contributed by atoms with Crippen molar-refractivity contribution in [2.24, 2.45) is 5.73 Å². The zero-order valence-electron chi connectivity index (χ0n) is 18.2. The van der Waals surface area contributed by atoms with Gasteiger partial charge in [-0.05, 0) is 42.0 Å². The summed E-state index contributed by atoms with van der Waals surface area (Å²) in [5, 5.41) is 5.82. The second-order valence-corrected chi connectivity index (χ2v) is 8.69. The van der Waals surface area contributed by atoms with Crippen LogP contribution in [-0.4, -0.2) is 29.8 Å². The summed E-state index contributed by atoms with van der Waals surface area (Å²) in [4.78, 5) is 16.8. The molecular weight excluding hydrogens is 424 g/mol. The number of carbonyl (C=O) groups is 1. The summed E-state index contributed by atoms with van der Waals surface area (Å²) in [5.41, 5.74) is 13.2. The summed E-state index contributed by atoms with van der Waals surface area (Å²) in [6.45, 7) is 1.27. The van der Waals surface area contributed by atoms with Gasteiger partial charge in [0.2, 0.25) is 5.91 Å². The van der Waals surface area contributed by atoms with Gasteiger partial charge in [-0.15, -0.1) is 0 Å². The van der Waals surface area contributed by atoms with E-state index in [1.807, 2.05) is 23.0 Å². The maximum Gasteiger partial charge on any atom is 0.248 e. The fourth-order valence-corrected chi connectivity index (χ4v) is 5.00. The lowest BCUT2D eigenvalue weighted by molar-refractivity contribution is 0.100. The van der Waals surface area contributed by atoms with Gasteiger partial charge in [0.15, 0.2) is 5.82 Å². The van der Waals surface area contributed by atoms with Crippen LogP contribution < -0.4 is 5.73 Å². The number of amides is 1. The first-order valence-electron chi connectivity index (χ1n) is 11.2. The molecule has 4 heterocycles. The number of nitrogens with zero attached hydrogens (tertiary/aromatic N) is 5. The zero-order chi connectivity index (χ0) is 22.8. The van der Waals surface area contributed by atoms with Gasteiger partial charge >= 0.3 is 0 Å². The van der Waals surface area contributed by atoms with Crippen LogP contribution in [0.2, 0.25) is 0 Å².